The van der Waals surface area contributed by atoms with Crippen molar-refractivity contribution in [3.63, 3.8) is 0 Å². The van der Waals surface area contributed by atoms with Crippen molar-refractivity contribution >= 4 is 17.6 Å². The average Bonchev–Trinajstić information content (AvgIpc) is 3.55. The minimum atomic E-state index is -0.777. The summed E-state index contributed by atoms with van der Waals surface area (Å²) in [7, 11) is 1.83. The van der Waals surface area contributed by atoms with E-state index in [1.807, 2.05) is 19.2 Å². The zero-order valence-electron chi connectivity index (χ0n) is 20.4. The summed E-state index contributed by atoms with van der Waals surface area (Å²) < 4.78 is 36.6. The van der Waals surface area contributed by atoms with Gasteiger partial charge < -0.3 is 14.2 Å². The zero-order valence-corrected chi connectivity index (χ0v) is 20.4. The van der Waals surface area contributed by atoms with Gasteiger partial charge in [0.2, 0.25) is 0 Å². The van der Waals surface area contributed by atoms with Gasteiger partial charge in [-0.3, -0.25) is 14.0 Å². The summed E-state index contributed by atoms with van der Waals surface area (Å²) in [6.07, 6.45) is 2.55. The lowest BCUT2D eigenvalue weighted by atomic mass is 9.95. The number of carbonyl (C=O) groups excluding carboxylic acids is 1. The molecule has 0 saturated heterocycles. The van der Waals surface area contributed by atoms with E-state index in [9.17, 15) is 4.79 Å². The molecule has 0 spiro atoms. The molecule has 186 valence electrons. The van der Waals surface area contributed by atoms with Crippen molar-refractivity contribution < 1.29 is 23.4 Å². The fourth-order valence-electron chi connectivity index (χ4n) is 4.80. The van der Waals surface area contributed by atoms with Gasteiger partial charge in [-0.25, -0.2) is 9.18 Å². The second kappa shape index (κ2) is 7.94. The van der Waals surface area contributed by atoms with Crippen molar-refractivity contribution in [3.8, 4) is 22.8 Å². The third-order valence-electron chi connectivity index (χ3n) is 6.34. The van der Waals surface area contributed by atoms with Crippen LogP contribution in [0.2, 0.25) is 0 Å². The van der Waals surface area contributed by atoms with Crippen LogP contribution in [0.3, 0.4) is 0 Å². The van der Waals surface area contributed by atoms with Crippen LogP contribution in [0.4, 0.5) is 15.0 Å². The maximum atomic E-state index is 15.3. The lowest BCUT2D eigenvalue weighted by Gasteiger charge is -2.29. The van der Waals surface area contributed by atoms with Crippen molar-refractivity contribution in [1.29, 1.82) is 0 Å². The smallest absolute Gasteiger partial charge is 0.416 e. The topological polar surface area (TPSA) is 96.0 Å². The van der Waals surface area contributed by atoms with E-state index in [2.05, 4.69) is 15.3 Å². The van der Waals surface area contributed by atoms with Gasteiger partial charge in [-0.05, 0) is 45.0 Å². The summed E-state index contributed by atoms with van der Waals surface area (Å²) in [5, 5.41) is 12.7. The van der Waals surface area contributed by atoms with Gasteiger partial charge in [-0.1, -0.05) is 0 Å². The number of nitrogens with zero attached hydrogens (tertiary/aromatic N) is 6. The highest BCUT2D eigenvalue weighted by molar-refractivity contribution is 5.91. The van der Waals surface area contributed by atoms with E-state index in [-0.39, 0.29) is 19.1 Å². The predicted octanol–water partition coefficient (Wildman–Crippen LogP) is 4.08. The molecule has 0 aliphatic carbocycles. The first-order valence-corrected chi connectivity index (χ1v) is 11.6. The van der Waals surface area contributed by atoms with E-state index in [0.717, 1.165) is 11.3 Å². The number of rotatable bonds is 1. The van der Waals surface area contributed by atoms with Crippen LogP contribution < -0.4 is 14.4 Å². The number of carbonyl (C=O) groups is 1. The van der Waals surface area contributed by atoms with Crippen LogP contribution >= 0.6 is 0 Å². The number of aryl methyl sites for hydroxylation is 1. The standard InChI is InChI=1S/C25H25FN6O4/c1-25(2,3)36-24(33)31-10-16-17(26)5-6-19-21(16)14(11-34-19)12-35-20-9-15(18-7-8-28-30(18)4)22-29-27-13-32(22)23(20)31/h5-9,13-14H,10-12H2,1-4H3. The quantitative estimate of drug-likeness (QED) is 0.395. The second-order valence-corrected chi connectivity index (χ2v) is 9.93. The zero-order chi connectivity index (χ0) is 25.2. The van der Waals surface area contributed by atoms with Gasteiger partial charge in [-0.2, -0.15) is 5.10 Å². The molecular weight excluding hydrogens is 467 g/mol. The van der Waals surface area contributed by atoms with Gasteiger partial charge >= 0.3 is 6.09 Å². The molecule has 1 unspecified atom stereocenters. The Balaban J connectivity index is 1.61. The molecule has 3 aromatic heterocycles. The van der Waals surface area contributed by atoms with E-state index in [0.29, 0.717) is 40.7 Å². The summed E-state index contributed by atoms with van der Waals surface area (Å²) >= 11 is 0. The van der Waals surface area contributed by atoms with Gasteiger partial charge in [-0.15, -0.1) is 10.2 Å². The van der Waals surface area contributed by atoms with Crippen LogP contribution in [-0.4, -0.2) is 49.3 Å². The Morgan fingerprint density at radius 1 is 1.17 bits per heavy atom. The van der Waals surface area contributed by atoms with Crippen LogP contribution in [0.1, 0.15) is 37.8 Å². The molecule has 4 aromatic rings. The molecule has 2 aliphatic heterocycles. The Morgan fingerprint density at radius 3 is 2.67 bits per heavy atom. The first-order chi connectivity index (χ1) is 17.2. The minimum absolute atomic E-state index is 0.0848. The Hall–Kier alpha value is -4.15. The minimum Gasteiger partial charge on any atom is -0.493 e. The molecule has 11 heteroatoms. The number of amides is 1. The molecule has 6 rings (SSSR count). The van der Waals surface area contributed by atoms with Crippen molar-refractivity contribution in [2.45, 2.75) is 38.8 Å². The van der Waals surface area contributed by atoms with Crippen molar-refractivity contribution in [2.75, 3.05) is 18.1 Å². The Bertz CT molecular complexity index is 1500. The molecule has 10 nitrogen and oxygen atoms in total. The molecule has 1 atom stereocenters. The van der Waals surface area contributed by atoms with E-state index in [1.165, 1.54) is 17.3 Å². The summed E-state index contributed by atoms with van der Waals surface area (Å²) in [6, 6.07) is 6.66. The summed E-state index contributed by atoms with van der Waals surface area (Å²) in [6.45, 7) is 5.85. The first-order valence-electron chi connectivity index (χ1n) is 11.6. The molecule has 1 amide bonds. The second-order valence-electron chi connectivity index (χ2n) is 9.93. The Kier molecular flexibility index (Phi) is 4.92. The molecule has 1 aromatic carbocycles. The first kappa shape index (κ1) is 22.3. The lowest BCUT2D eigenvalue weighted by Crippen LogP contribution is -2.38. The number of pyridine rings is 1. The van der Waals surface area contributed by atoms with Crippen molar-refractivity contribution in [3.05, 3.63) is 53.7 Å². The number of benzene rings is 1. The average molecular weight is 493 g/mol. The lowest BCUT2D eigenvalue weighted by molar-refractivity contribution is 0.0574. The van der Waals surface area contributed by atoms with E-state index >= 15 is 4.39 Å². The van der Waals surface area contributed by atoms with Gasteiger partial charge in [0.25, 0.3) is 0 Å². The van der Waals surface area contributed by atoms with E-state index < -0.39 is 17.5 Å². The normalized spacial score (nSPS) is 16.9. The van der Waals surface area contributed by atoms with Gasteiger partial charge in [0, 0.05) is 29.9 Å². The van der Waals surface area contributed by atoms with Gasteiger partial charge in [0.05, 0.1) is 31.4 Å². The summed E-state index contributed by atoms with van der Waals surface area (Å²) in [5.74, 6) is 0.737. The Morgan fingerprint density at radius 2 is 1.94 bits per heavy atom. The molecule has 0 saturated carbocycles. The largest absolute Gasteiger partial charge is 0.493 e. The summed E-state index contributed by atoms with van der Waals surface area (Å²) in [5.41, 5.74) is 2.32. The van der Waals surface area contributed by atoms with E-state index in [4.69, 9.17) is 14.2 Å². The number of anilines is 1. The maximum Gasteiger partial charge on any atom is 0.416 e. The number of ether oxygens (including phenoxy) is 3. The van der Waals surface area contributed by atoms with Crippen LogP contribution in [0.15, 0.2) is 36.8 Å². The molecule has 2 aliphatic rings. The van der Waals surface area contributed by atoms with Crippen LogP contribution in [0.25, 0.3) is 16.9 Å². The maximum absolute atomic E-state index is 15.3. The Labute approximate surface area is 206 Å². The van der Waals surface area contributed by atoms with Crippen LogP contribution in [0.5, 0.6) is 11.5 Å². The SMILES string of the molecule is Cn1nccc1-c1cc2c(n3cnnc13)N(C(=O)OC(C)(C)C)Cc1c(F)ccc3c1C(CO3)CO2. The highest BCUT2D eigenvalue weighted by Crippen LogP contribution is 2.44. The monoisotopic (exact) mass is 492 g/mol. The fraction of sp³-hybridized carbons (Fsp3) is 0.360. The number of halogens is 1. The molecular formula is C25H25FN6O4. The predicted molar refractivity (Wildman–Crippen MR) is 128 cm³/mol. The van der Waals surface area contributed by atoms with Crippen LogP contribution in [0, 0.1) is 5.82 Å². The van der Waals surface area contributed by atoms with E-state index in [1.54, 1.807) is 42.1 Å². The fourth-order valence-corrected chi connectivity index (χ4v) is 4.80. The van der Waals surface area contributed by atoms with Gasteiger partial charge in [0.1, 0.15) is 23.5 Å². The molecule has 36 heavy (non-hydrogen) atoms. The highest BCUT2D eigenvalue weighted by Gasteiger charge is 2.37. The van der Waals surface area contributed by atoms with Gasteiger partial charge in [0.15, 0.2) is 17.2 Å². The number of hydrogen-bond acceptors (Lipinski definition) is 7. The molecule has 0 radical (unpaired) electrons. The third kappa shape index (κ3) is 3.53. The number of hydrogen-bond donors (Lipinski definition) is 0. The number of fused-ring (bicyclic) bond motifs is 3. The molecule has 5 heterocycles. The third-order valence-corrected chi connectivity index (χ3v) is 6.34. The molecule has 0 fully saturated rings. The van der Waals surface area contributed by atoms with Crippen LogP contribution in [-0.2, 0) is 18.3 Å². The molecule has 0 N–H and O–H groups in total. The molecule has 0 bridgehead atoms. The van der Waals surface area contributed by atoms with Crippen molar-refractivity contribution in [2.24, 2.45) is 7.05 Å². The highest BCUT2D eigenvalue weighted by atomic mass is 19.1. The number of aromatic nitrogens is 5. The summed E-state index contributed by atoms with van der Waals surface area (Å²) in [4.78, 5) is 15.0. The van der Waals surface area contributed by atoms with Crippen molar-refractivity contribution in [1.82, 2.24) is 24.4 Å².